The van der Waals surface area contributed by atoms with Gasteiger partial charge in [-0.15, -0.1) is 0 Å². The minimum Gasteiger partial charge on any atom is -0.348 e. The average molecular weight is 1050 g/mol. The van der Waals surface area contributed by atoms with E-state index in [0.717, 1.165) is 39.8 Å². The molecule has 0 saturated heterocycles. The number of carbonyl (C=O) groups excluding carboxylic acids is 2. The zero-order valence-corrected chi connectivity index (χ0v) is 45.5. The molecule has 9 aromatic rings. The molecule has 6 unspecified atom stereocenters. The molecule has 10 heteroatoms. The molecule has 13 rings (SSSR count). The minimum atomic E-state index is -1.85. The van der Waals surface area contributed by atoms with Crippen LogP contribution in [0, 0.1) is 40.4 Å². The molecule has 2 aromatic heterocycles. The molecule has 0 radical (unpaired) electrons. The fourth-order valence-electron chi connectivity index (χ4n) is 14.7. The van der Waals surface area contributed by atoms with E-state index in [1.54, 1.807) is 36.9 Å². The summed E-state index contributed by atoms with van der Waals surface area (Å²) in [5.74, 6) is -0.665. The van der Waals surface area contributed by atoms with Gasteiger partial charge < -0.3 is 9.97 Å². The molecule has 3 fully saturated rings. The summed E-state index contributed by atoms with van der Waals surface area (Å²) in [6.45, 7) is 7.63. The lowest BCUT2D eigenvalue weighted by Gasteiger charge is -2.62. The molecule has 4 aliphatic rings. The molecule has 79 heavy (non-hydrogen) atoms. The van der Waals surface area contributed by atoms with E-state index in [4.69, 9.17) is 15.0 Å². The molecule has 1 aliphatic heterocycles. The Kier molecular flexibility index (Phi) is 13.7. The number of fused-ring (bicyclic) bond motifs is 2. The van der Waals surface area contributed by atoms with Crippen LogP contribution in [0.3, 0.4) is 0 Å². The molecule has 2 bridgehead atoms. The SMILES string of the molecule is CC1C(CN2C(=O)C(C(c3cnc[nH]3)C(c3ccccc3)(c3ccccc3)c3ccccc3)(C(c3cnc[nH]3)C(c3ccccc3)(c3ccccc3)c3ccccc3)N=C2SCC(=O)c2ccc(C#N)cc2)CC2CC1C2(C)C. The lowest BCUT2D eigenvalue weighted by molar-refractivity contribution is -0.143. The van der Waals surface area contributed by atoms with Gasteiger partial charge in [0.2, 0.25) is 0 Å². The molecule has 6 atom stereocenters. The van der Waals surface area contributed by atoms with Gasteiger partial charge in [-0.25, -0.2) is 15.0 Å². The van der Waals surface area contributed by atoms with Gasteiger partial charge in [-0.1, -0.05) is 227 Å². The quantitative estimate of drug-likeness (QED) is 0.0690. The van der Waals surface area contributed by atoms with Crippen LogP contribution in [0.5, 0.6) is 0 Å². The number of nitrogens with one attached hydrogen (secondary N) is 2. The summed E-state index contributed by atoms with van der Waals surface area (Å²) in [4.78, 5) is 58.6. The number of aromatic nitrogens is 4. The molecule has 3 saturated carbocycles. The van der Waals surface area contributed by atoms with E-state index < -0.39 is 28.2 Å². The Labute approximate surface area is 467 Å². The van der Waals surface area contributed by atoms with Gasteiger partial charge in [-0.3, -0.25) is 14.5 Å². The van der Waals surface area contributed by atoms with Crippen molar-refractivity contribution in [1.82, 2.24) is 24.8 Å². The van der Waals surface area contributed by atoms with Crippen LogP contribution < -0.4 is 0 Å². The summed E-state index contributed by atoms with van der Waals surface area (Å²) in [5, 5.41) is 10.2. The number of hydrogen-bond acceptors (Lipinski definition) is 7. The highest BCUT2D eigenvalue weighted by Gasteiger charge is 2.71. The van der Waals surface area contributed by atoms with E-state index in [1.807, 2.05) is 53.7 Å². The number of amides is 1. The second-order valence-corrected chi connectivity index (χ2v) is 23.4. The lowest BCUT2D eigenvalue weighted by atomic mass is 9.43. The van der Waals surface area contributed by atoms with Crippen LogP contribution in [-0.2, 0) is 15.6 Å². The normalized spacial score (nSPS) is 21.3. The highest BCUT2D eigenvalue weighted by Crippen LogP contribution is 2.67. The maximum Gasteiger partial charge on any atom is 0.258 e. The first-order chi connectivity index (χ1) is 38.6. The standard InChI is InChI=1S/C69H63N7O2S/c1-47-50(38-57-39-58(47)66(57,2)3)43-76-64(78)69(75-65(76)79-44-61(77)49-36-34-48(40-70)35-37-49,62(59-41-71-45-73-59)67(51-22-10-4-11-23-51,52-24-12-5-13-25-52)53-26-14-6-15-27-53)63(60-42-72-46-74-60)68(54-28-16-7-17-29-54,55-30-18-8-19-31-55)56-32-20-9-21-33-56/h4-37,41-42,45-47,50,57-58,62-63H,38-39,43-44H2,1-3H3,(H,71,73)(H,72,74). The third-order valence-corrected chi connectivity index (χ3v) is 19.5. The summed E-state index contributed by atoms with van der Waals surface area (Å²) in [6.07, 6.45) is 9.37. The number of aliphatic imine (C=N–C) groups is 1. The number of carbonyl (C=O) groups is 2. The Balaban J connectivity index is 1.24. The van der Waals surface area contributed by atoms with Crippen molar-refractivity contribution in [3.63, 3.8) is 0 Å². The summed E-state index contributed by atoms with van der Waals surface area (Å²) in [5.41, 5.74) is 4.04. The third-order valence-electron chi connectivity index (χ3n) is 18.5. The molecular formula is C69H63N7O2S. The predicted octanol–water partition coefficient (Wildman–Crippen LogP) is 13.8. The van der Waals surface area contributed by atoms with Crippen LogP contribution in [0.1, 0.15) is 106 Å². The fourth-order valence-corrected chi connectivity index (χ4v) is 15.7. The number of aromatic amines is 2. The average Bonchev–Trinajstić information content (AvgIpc) is 3.54. The molecule has 3 heterocycles. The van der Waals surface area contributed by atoms with Crippen molar-refractivity contribution in [3.8, 4) is 6.07 Å². The number of nitriles is 1. The van der Waals surface area contributed by atoms with Crippen LogP contribution in [0.25, 0.3) is 0 Å². The first-order valence-electron chi connectivity index (χ1n) is 27.5. The van der Waals surface area contributed by atoms with Crippen LogP contribution in [0.2, 0.25) is 0 Å². The third kappa shape index (κ3) is 8.49. The molecule has 9 nitrogen and oxygen atoms in total. The predicted molar refractivity (Wildman–Crippen MR) is 314 cm³/mol. The molecule has 392 valence electrons. The van der Waals surface area contributed by atoms with Gasteiger partial charge in [0.05, 0.1) is 52.7 Å². The fraction of sp³-hybridized carbons (Fsp3) is 0.246. The highest BCUT2D eigenvalue weighted by molar-refractivity contribution is 8.14. The van der Waals surface area contributed by atoms with Crippen molar-refractivity contribution in [2.24, 2.45) is 34.1 Å². The second kappa shape index (κ2) is 21.1. The molecule has 3 aliphatic carbocycles. The second-order valence-electron chi connectivity index (χ2n) is 22.4. The van der Waals surface area contributed by atoms with Crippen LogP contribution in [-0.4, -0.2) is 59.5 Å². The lowest BCUT2D eigenvalue weighted by Crippen LogP contribution is -2.62. The van der Waals surface area contributed by atoms with E-state index in [1.165, 1.54) is 18.2 Å². The summed E-state index contributed by atoms with van der Waals surface area (Å²) >= 11 is 1.33. The number of nitrogens with zero attached hydrogens (tertiary/aromatic N) is 5. The molecule has 7 aromatic carbocycles. The van der Waals surface area contributed by atoms with Crippen molar-refractivity contribution in [2.45, 2.75) is 61.8 Å². The number of benzene rings is 7. The number of Topliss-reactive ketones (excluding diaryl/α,β-unsaturated/α-hetero) is 1. The largest absolute Gasteiger partial charge is 0.348 e. The maximum absolute atomic E-state index is 18.4. The molecule has 1 amide bonds. The summed E-state index contributed by atoms with van der Waals surface area (Å²) in [6, 6.07) is 72.5. The van der Waals surface area contributed by atoms with E-state index in [9.17, 15) is 10.1 Å². The number of H-pyrrole nitrogens is 2. The minimum absolute atomic E-state index is 0.00502. The molecular weight excluding hydrogens is 991 g/mol. The zero-order valence-electron chi connectivity index (χ0n) is 44.7. The van der Waals surface area contributed by atoms with Gasteiger partial charge in [-0.2, -0.15) is 5.26 Å². The Morgan fingerprint density at radius 1 is 0.633 bits per heavy atom. The van der Waals surface area contributed by atoms with Crippen molar-refractivity contribution in [2.75, 3.05) is 12.3 Å². The number of amidine groups is 1. The van der Waals surface area contributed by atoms with E-state index in [-0.39, 0.29) is 28.8 Å². The Bertz CT molecular complexity index is 3250. The number of imidazole rings is 2. The smallest absolute Gasteiger partial charge is 0.258 e. The summed E-state index contributed by atoms with van der Waals surface area (Å²) in [7, 11) is 0. The van der Waals surface area contributed by atoms with Crippen LogP contribution >= 0.6 is 11.8 Å². The number of rotatable bonds is 17. The van der Waals surface area contributed by atoms with Gasteiger partial charge in [-0.05, 0) is 87.4 Å². The Morgan fingerprint density at radius 3 is 1.38 bits per heavy atom. The number of thioether (sulfide) groups is 1. The first kappa shape index (κ1) is 51.4. The highest BCUT2D eigenvalue weighted by atomic mass is 32.2. The number of hydrogen-bond donors (Lipinski definition) is 2. The zero-order chi connectivity index (χ0) is 54.2. The van der Waals surface area contributed by atoms with Crippen LogP contribution in [0.15, 0.2) is 236 Å². The van der Waals surface area contributed by atoms with Gasteiger partial charge in [0.15, 0.2) is 16.5 Å². The molecule has 2 N–H and O–H groups in total. The monoisotopic (exact) mass is 1050 g/mol. The van der Waals surface area contributed by atoms with Gasteiger partial charge in [0, 0.05) is 35.9 Å². The van der Waals surface area contributed by atoms with E-state index >= 15 is 4.79 Å². The van der Waals surface area contributed by atoms with Gasteiger partial charge in [0.1, 0.15) is 0 Å². The molecule has 0 spiro atoms. The van der Waals surface area contributed by atoms with Crippen LogP contribution in [0.4, 0.5) is 0 Å². The van der Waals surface area contributed by atoms with Gasteiger partial charge in [0.25, 0.3) is 5.91 Å². The first-order valence-corrected chi connectivity index (χ1v) is 28.5. The maximum atomic E-state index is 18.4. The van der Waals surface area contributed by atoms with Crippen molar-refractivity contribution >= 4 is 28.6 Å². The van der Waals surface area contributed by atoms with E-state index in [2.05, 4.69) is 182 Å². The van der Waals surface area contributed by atoms with Crippen molar-refractivity contribution < 1.29 is 9.59 Å². The van der Waals surface area contributed by atoms with Crippen molar-refractivity contribution in [1.29, 1.82) is 5.26 Å². The Hall–Kier alpha value is -8.39. The number of ketones is 1. The summed E-state index contributed by atoms with van der Waals surface area (Å²) < 4.78 is 0. The van der Waals surface area contributed by atoms with Crippen molar-refractivity contribution in [3.05, 3.63) is 287 Å². The van der Waals surface area contributed by atoms with Gasteiger partial charge >= 0.3 is 0 Å². The topological polar surface area (TPSA) is 131 Å². The Morgan fingerprint density at radius 2 is 1.04 bits per heavy atom. The van der Waals surface area contributed by atoms with E-state index in [0.29, 0.717) is 52.0 Å².